The van der Waals surface area contributed by atoms with Crippen molar-refractivity contribution in [2.24, 2.45) is 5.92 Å². The van der Waals surface area contributed by atoms with Crippen LogP contribution in [0, 0.1) is 5.92 Å². The molecule has 1 amide bonds. The molecule has 2 aliphatic heterocycles. The number of aliphatic carboxylic acids is 1. The lowest BCUT2D eigenvalue weighted by molar-refractivity contribution is -0.148. The van der Waals surface area contributed by atoms with Gasteiger partial charge in [-0.15, -0.1) is 0 Å². The SMILES string of the molecule is O=C(O)C1CN(CC(=O)N2CCc3ccccc32)C1. The lowest BCUT2D eigenvalue weighted by Gasteiger charge is -2.36. The van der Waals surface area contributed by atoms with Gasteiger partial charge in [-0.3, -0.25) is 14.5 Å². The Balaban J connectivity index is 1.60. The van der Waals surface area contributed by atoms with Gasteiger partial charge >= 0.3 is 5.97 Å². The molecule has 5 nitrogen and oxygen atoms in total. The Labute approximate surface area is 111 Å². The third-order valence-electron chi connectivity index (χ3n) is 3.85. The van der Waals surface area contributed by atoms with Gasteiger partial charge in [-0.1, -0.05) is 18.2 Å². The van der Waals surface area contributed by atoms with Crippen molar-refractivity contribution in [3.63, 3.8) is 0 Å². The summed E-state index contributed by atoms with van der Waals surface area (Å²) in [4.78, 5) is 26.6. The van der Waals surface area contributed by atoms with E-state index >= 15 is 0 Å². The second-order valence-corrected chi connectivity index (χ2v) is 5.15. The number of amides is 1. The highest BCUT2D eigenvalue weighted by atomic mass is 16.4. The van der Waals surface area contributed by atoms with E-state index in [-0.39, 0.29) is 11.8 Å². The molecule has 0 atom stereocenters. The standard InChI is InChI=1S/C14H16N2O3/c17-13(9-15-7-11(8-15)14(18)19)16-6-5-10-3-1-2-4-12(10)16/h1-4,11H,5-9H2,(H,18,19). The van der Waals surface area contributed by atoms with E-state index in [0.29, 0.717) is 19.6 Å². The highest BCUT2D eigenvalue weighted by Crippen LogP contribution is 2.28. The molecule has 1 N–H and O–H groups in total. The molecule has 0 radical (unpaired) electrons. The van der Waals surface area contributed by atoms with E-state index in [1.807, 2.05) is 34.1 Å². The number of carbonyl (C=O) groups excluding carboxylic acids is 1. The molecule has 1 aromatic rings. The van der Waals surface area contributed by atoms with E-state index in [9.17, 15) is 9.59 Å². The molecule has 1 aromatic carbocycles. The second kappa shape index (κ2) is 4.66. The fourth-order valence-corrected chi connectivity index (χ4v) is 2.73. The number of hydrogen-bond donors (Lipinski definition) is 1. The summed E-state index contributed by atoms with van der Waals surface area (Å²) in [6, 6.07) is 7.94. The van der Waals surface area contributed by atoms with Crippen LogP contribution >= 0.6 is 0 Å². The molecule has 19 heavy (non-hydrogen) atoms. The molecular weight excluding hydrogens is 244 g/mol. The molecule has 1 fully saturated rings. The molecular formula is C14H16N2O3. The number of fused-ring (bicyclic) bond motifs is 1. The zero-order valence-corrected chi connectivity index (χ0v) is 10.6. The summed E-state index contributed by atoms with van der Waals surface area (Å²) in [6.07, 6.45) is 0.902. The molecule has 5 heteroatoms. The maximum Gasteiger partial charge on any atom is 0.309 e. The first-order chi connectivity index (χ1) is 9.15. The molecule has 0 unspecified atom stereocenters. The van der Waals surface area contributed by atoms with Crippen LogP contribution in [0.5, 0.6) is 0 Å². The Hall–Kier alpha value is -1.88. The van der Waals surface area contributed by atoms with Crippen molar-refractivity contribution >= 4 is 17.6 Å². The summed E-state index contributed by atoms with van der Waals surface area (Å²) in [6.45, 7) is 2.01. The Bertz CT molecular complexity index is 523. The third-order valence-corrected chi connectivity index (χ3v) is 3.85. The number of rotatable bonds is 3. The third kappa shape index (κ3) is 2.21. The Morgan fingerprint density at radius 3 is 2.74 bits per heavy atom. The normalized spacial score (nSPS) is 19.1. The Kier molecular flexibility index (Phi) is 2.98. The van der Waals surface area contributed by atoms with Crippen molar-refractivity contribution in [1.82, 2.24) is 4.90 Å². The van der Waals surface area contributed by atoms with E-state index in [2.05, 4.69) is 0 Å². The number of para-hydroxylation sites is 1. The number of nitrogens with zero attached hydrogens (tertiary/aromatic N) is 2. The van der Waals surface area contributed by atoms with Crippen molar-refractivity contribution in [2.45, 2.75) is 6.42 Å². The van der Waals surface area contributed by atoms with Crippen LogP contribution in [0.25, 0.3) is 0 Å². The minimum absolute atomic E-state index is 0.0637. The minimum atomic E-state index is -0.768. The monoisotopic (exact) mass is 260 g/mol. The van der Waals surface area contributed by atoms with Gasteiger partial charge in [0.25, 0.3) is 0 Å². The van der Waals surface area contributed by atoms with Crippen molar-refractivity contribution in [2.75, 3.05) is 31.1 Å². The molecule has 0 aliphatic carbocycles. The average Bonchev–Trinajstić information content (AvgIpc) is 2.76. The predicted molar refractivity (Wildman–Crippen MR) is 70.1 cm³/mol. The zero-order chi connectivity index (χ0) is 13.4. The van der Waals surface area contributed by atoms with Gasteiger partial charge in [0.05, 0.1) is 12.5 Å². The van der Waals surface area contributed by atoms with Gasteiger partial charge in [-0.05, 0) is 18.1 Å². The molecule has 0 aromatic heterocycles. The summed E-state index contributed by atoms with van der Waals surface area (Å²) >= 11 is 0. The van der Waals surface area contributed by atoms with Crippen molar-refractivity contribution in [1.29, 1.82) is 0 Å². The van der Waals surface area contributed by atoms with E-state index in [0.717, 1.165) is 18.7 Å². The van der Waals surface area contributed by atoms with Crippen LogP contribution < -0.4 is 4.90 Å². The van der Waals surface area contributed by atoms with E-state index in [4.69, 9.17) is 5.11 Å². The number of anilines is 1. The highest BCUT2D eigenvalue weighted by molar-refractivity contribution is 5.96. The van der Waals surface area contributed by atoms with Gasteiger partial charge in [0.15, 0.2) is 0 Å². The van der Waals surface area contributed by atoms with Gasteiger partial charge in [-0.2, -0.15) is 0 Å². The van der Waals surface area contributed by atoms with E-state index < -0.39 is 5.97 Å². The number of likely N-dealkylation sites (tertiary alicyclic amines) is 1. The zero-order valence-electron chi connectivity index (χ0n) is 10.6. The van der Waals surface area contributed by atoms with E-state index in [1.54, 1.807) is 0 Å². The van der Waals surface area contributed by atoms with Gasteiger partial charge in [0.1, 0.15) is 0 Å². The quantitative estimate of drug-likeness (QED) is 0.864. The lowest BCUT2D eigenvalue weighted by atomic mass is 10.0. The summed E-state index contributed by atoms with van der Waals surface area (Å²) in [7, 11) is 0. The van der Waals surface area contributed by atoms with Gasteiger partial charge in [0, 0.05) is 25.3 Å². The molecule has 0 spiro atoms. The molecule has 100 valence electrons. The fraction of sp³-hybridized carbons (Fsp3) is 0.429. The molecule has 0 saturated carbocycles. The molecule has 2 aliphatic rings. The molecule has 0 bridgehead atoms. The van der Waals surface area contributed by atoms with Crippen molar-refractivity contribution < 1.29 is 14.7 Å². The van der Waals surface area contributed by atoms with Crippen molar-refractivity contribution in [3.8, 4) is 0 Å². The van der Waals surface area contributed by atoms with Crippen LogP contribution in [-0.4, -0.2) is 48.1 Å². The predicted octanol–water partition coefficient (Wildman–Crippen LogP) is 0.592. The van der Waals surface area contributed by atoms with Gasteiger partial charge < -0.3 is 10.0 Å². The Morgan fingerprint density at radius 2 is 2.00 bits per heavy atom. The summed E-state index contributed by atoms with van der Waals surface area (Å²) < 4.78 is 0. The number of hydrogen-bond acceptors (Lipinski definition) is 3. The van der Waals surface area contributed by atoms with Crippen LogP contribution in [-0.2, 0) is 16.0 Å². The number of carboxylic acids is 1. The van der Waals surface area contributed by atoms with Crippen LogP contribution in [0.2, 0.25) is 0 Å². The summed E-state index contributed by atoms with van der Waals surface area (Å²) in [5, 5.41) is 8.80. The lowest BCUT2D eigenvalue weighted by Crippen LogP contribution is -2.53. The van der Waals surface area contributed by atoms with Crippen molar-refractivity contribution in [3.05, 3.63) is 29.8 Å². The summed E-state index contributed by atoms with van der Waals surface area (Å²) in [5.41, 5.74) is 2.21. The van der Waals surface area contributed by atoms with Crippen LogP contribution in [0.1, 0.15) is 5.56 Å². The number of benzene rings is 1. The van der Waals surface area contributed by atoms with Gasteiger partial charge in [-0.25, -0.2) is 0 Å². The first-order valence-corrected chi connectivity index (χ1v) is 6.48. The topological polar surface area (TPSA) is 60.9 Å². The van der Waals surface area contributed by atoms with Gasteiger partial charge in [0.2, 0.25) is 5.91 Å². The first kappa shape index (κ1) is 12.2. The van der Waals surface area contributed by atoms with Crippen LogP contribution in [0.3, 0.4) is 0 Å². The molecule has 2 heterocycles. The molecule has 3 rings (SSSR count). The average molecular weight is 260 g/mol. The van der Waals surface area contributed by atoms with Crippen LogP contribution in [0.4, 0.5) is 5.69 Å². The van der Waals surface area contributed by atoms with Crippen LogP contribution in [0.15, 0.2) is 24.3 Å². The highest BCUT2D eigenvalue weighted by Gasteiger charge is 2.35. The smallest absolute Gasteiger partial charge is 0.309 e. The maximum atomic E-state index is 12.2. The number of carboxylic acid groups (broad SMARTS) is 1. The second-order valence-electron chi connectivity index (χ2n) is 5.15. The minimum Gasteiger partial charge on any atom is -0.481 e. The molecule has 1 saturated heterocycles. The maximum absolute atomic E-state index is 12.2. The van der Waals surface area contributed by atoms with E-state index in [1.165, 1.54) is 5.56 Å². The Morgan fingerprint density at radius 1 is 1.26 bits per heavy atom. The first-order valence-electron chi connectivity index (χ1n) is 6.48. The fourth-order valence-electron chi connectivity index (χ4n) is 2.73. The number of carbonyl (C=O) groups is 2. The largest absolute Gasteiger partial charge is 0.481 e. The summed E-state index contributed by atoms with van der Waals surface area (Å²) in [5.74, 6) is -1.01.